The second-order valence-corrected chi connectivity index (χ2v) is 3.65. The van der Waals surface area contributed by atoms with Gasteiger partial charge in [0.2, 0.25) is 0 Å². The molecule has 0 aliphatic heterocycles. The molecule has 0 aromatic heterocycles. The van der Waals surface area contributed by atoms with E-state index >= 15 is 0 Å². The van der Waals surface area contributed by atoms with Crippen molar-refractivity contribution in [3.05, 3.63) is 0 Å². The number of rotatable bonds is 1. The highest BCUT2D eigenvalue weighted by atomic mass is 14.7. The molecule has 1 rings (SSSR count). The van der Waals surface area contributed by atoms with E-state index in [0.717, 1.165) is 12.5 Å². The van der Waals surface area contributed by atoms with Gasteiger partial charge in [-0.2, -0.15) is 0 Å². The lowest BCUT2D eigenvalue weighted by molar-refractivity contribution is 0.407. The van der Waals surface area contributed by atoms with Gasteiger partial charge < -0.3 is 11.5 Å². The summed E-state index contributed by atoms with van der Waals surface area (Å²) in [6, 6.07) is 0.347. The second-order valence-electron chi connectivity index (χ2n) is 3.65. The largest absolute Gasteiger partial charge is 0.330 e. The lowest BCUT2D eigenvalue weighted by atomic mass is 9.97. The third-order valence-electron chi connectivity index (χ3n) is 3.03. The molecular weight excluding hydrogens is 124 g/mol. The summed E-state index contributed by atoms with van der Waals surface area (Å²) in [5, 5.41) is 0. The Kier molecular flexibility index (Phi) is 2.32. The fourth-order valence-electron chi connectivity index (χ4n) is 1.91. The molecule has 0 aromatic carbocycles. The molecule has 0 aromatic rings. The van der Waals surface area contributed by atoms with Crippen LogP contribution in [0.5, 0.6) is 0 Å². The van der Waals surface area contributed by atoms with Crippen LogP contribution < -0.4 is 11.5 Å². The molecule has 0 amide bonds. The first-order valence-corrected chi connectivity index (χ1v) is 4.12. The molecule has 2 nitrogen and oxygen atoms in total. The fourth-order valence-corrected chi connectivity index (χ4v) is 1.91. The minimum absolute atomic E-state index is 0.347. The van der Waals surface area contributed by atoms with Gasteiger partial charge in [0.25, 0.3) is 0 Å². The van der Waals surface area contributed by atoms with Crippen molar-refractivity contribution in [3.8, 4) is 0 Å². The Morgan fingerprint density at radius 3 is 2.20 bits per heavy atom. The van der Waals surface area contributed by atoms with Crippen LogP contribution in [-0.2, 0) is 0 Å². The van der Waals surface area contributed by atoms with Gasteiger partial charge in [0.15, 0.2) is 0 Å². The Bertz CT molecular complexity index is 114. The van der Waals surface area contributed by atoms with Gasteiger partial charge in [0.1, 0.15) is 0 Å². The summed E-state index contributed by atoms with van der Waals surface area (Å²) < 4.78 is 0. The van der Waals surface area contributed by atoms with Gasteiger partial charge in [-0.25, -0.2) is 0 Å². The molecule has 4 atom stereocenters. The second kappa shape index (κ2) is 2.89. The summed E-state index contributed by atoms with van der Waals surface area (Å²) in [5.74, 6) is 2.00. The maximum Gasteiger partial charge on any atom is 0.0108 e. The van der Waals surface area contributed by atoms with E-state index in [2.05, 4.69) is 13.8 Å². The highest BCUT2D eigenvalue weighted by Gasteiger charge is 2.34. The van der Waals surface area contributed by atoms with Crippen LogP contribution >= 0.6 is 0 Å². The minimum Gasteiger partial charge on any atom is -0.330 e. The van der Waals surface area contributed by atoms with Crippen molar-refractivity contribution in [1.82, 2.24) is 0 Å². The van der Waals surface area contributed by atoms with Crippen molar-refractivity contribution >= 4 is 0 Å². The van der Waals surface area contributed by atoms with Crippen molar-refractivity contribution in [2.24, 2.45) is 29.2 Å². The molecule has 2 unspecified atom stereocenters. The molecule has 4 N–H and O–H groups in total. The zero-order chi connectivity index (χ0) is 7.72. The van der Waals surface area contributed by atoms with E-state index in [1.54, 1.807) is 0 Å². The number of hydrogen-bond acceptors (Lipinski definition) is 2. The van der Waals surface area contributed by atoms with Crippen molar-refractivity contribution in [2.45, 2.75) is 26.3 Å². The van der Waals surface area contributed by atoms with Gasteiger partial charge in [-0.05, 0) is 30.7 Å². The van der Waals surface area contributed by atoms with E-state index in [4.69, 9.17) is 11.5 Å². The highest BCUT2D eigenvalue weighted by molar-refractivity contribution is 4.89. The summed E-state index contributed by atoms with van der Waals surface area (Å²) in [6.07, 6.45) is 1.22. The summed E-state index contributed by atoms with van der Waals surface area (Å²) in [5.41, 5.74) is 11.5. The van der Waals surface area contributed by atoms with Crippen molar-refractivity contribution < 1.29 is 0 Å². The molecule has 1 fully saturated rings. The summed E-state index contributed by atoms with van der Waals surface area (Å²) in [7, 11) is 0. The Labute approximate surface area is 63.0 Å². The third-order valence-corrected chi connectivity index (χ3v) is 3.03. The van der Waals surface area contributed by atoms with E-state index in [1.807, 2.05) is 0 Å². The molecule has 0 bridgehead atoms. The van der Waals surface area contributed by atoms with Crippen LogP contribution in [0, 0.1) is 17.8 Å². The first kappa shape index (κ1) is 8.02. The summed E-state index contributed by atoms with van der Waals surface area (Å²) in [4.78, 5) is 0. The molecule has 10 heavy (non-hydrogen) atoms. The first-order chi connectivity index (χ1) is 4.66. The molecule has 0 radical (unpaired) electrons. The lowest BCUT2D eigenvalue weighted by Gasteiger charge is -2.16. The molecule has 2 heteroatoms. The van der Waals surface area contributed by atoms with Crippen LogP contribution in [0.15, 0.2) is 0 Å². The molecule has 0 spiro atoms. The molecule has 1 saturated carbocycles. The first-order valence-electron chi connectivity index (χ1n) is 4.12. The Morgan fingerprint density at radius 1 is 1.40 bits per heavy atom. The normalized spacial score (nSPS) is 48.0. The number of nitrogens with two attached hydrogens (primary N) is 2. The van der Waals surface area contributed by atoms with E-state index in [-0.39, 0.29) is 0 Å². The van der Waals surface area contributed by atoms with E-state index in [0.29, 0.717) is 17.9 Å². The van der Waals surface area contributed by atoms with Crippen LogP contribution in [0.1, 0.15) is 20.3 Å². The van der Waals surface area contributed by atoms with Gasteiger partial charge in [-0.3, -0.25) is 0 Å². The Hall–Kier alpha value is -0.0800. The van der Waals surface area contributed by atoms with Gasteiger partial charge in [0.05, 0.1) is 0 Å². The SMILES string of the molecule is CC1C[C@H](CN)C(N)[C@@H]1C. The molecule has 60 valence electrons. The molecule has 0 saturated heterocycles. The lowest BCUT2D eigenvalue weighted by Crippen LogP contribution is -2.34. The Balaban J connectivity index is 2.53. The molecular formula is C8H18N2. The standard InChI is InChI=1S/C8H18N2/c1-5-3-7(4-9)8(10)6(5)2/h5-8H,3-4,9-10H2,1-2H3/t5?,6-,7-,8?/m1/s1. The van der Waals surface area contributed by atoms with Crippen LogP contribution in [0.3, 0.4) is 0 Å². The van der Waals surface area contributed by atoms with E-state index < -0.39 is 0 Å². The fraction of sp³-hybridized carbons (Fsp3) is 1.00. The maximum absolute atomic E-state index is 5.94. The van der Waals surface area contributed by atoms with Crippen molar-refractivity contribution in [2.75, 3.05) is 6.54 Å². The van der Waals surface area contributed by atoms with Crippen LogP contribution in [0.25, 0.3) is 0 Å². The van der Waals surface area contributed by atoms with Crippen LogP contribution in [0.4, 0.5) is 0 Å². The van der Waals surface area contributed by atoms with E-state index in [9.17, 15) is 0 Å². The molecule has 0 heterocycles. The minimum atomic E-state index is 0.347. The van der Waals surface area contributed by atoms with Crippen LogP contribution in [-0.4, -0.2) is 12.6 Å². The predicted molar refractivity (Wildman–Crippen MR) is 43.5 cm³/mol. The highest BCUT2D eigenvalue weighted by Crippen LogP contribution is 2.33. The molecule has 1 aliphatic carbocycles. The summed E-state index contributed by atoms with van der Waals surface area (Å²) in [6.45, 7) is 5.25. The third kappa shape index (κ3) is 1.18. The average Bonchev–Trinajstić information content (AvgIpc) is 2.17. The maximum atomic E-state index is 5.94. The van der Waals surface area contributed by atoms with Crippen LogP contribution in [0.2, 0.25) is 0 Å². The smallest absolute Gasteiger partial charge is 0.0108 e. The Morgan fingerprint density at radius 2 is 2.00 bits per heavy atom. The summed E-state index contributed by atoms with van der Waals surface area (Å²) >= 11 is 0. The van der Waals surface area contributed by atoms with Gasteiger partial charge >= 0.3 is 0 Å². The van der Waals surface area contributed by atoms with E-state index in [1.165, 1.54) is 6.42 Å². The van der Waals surface area contributed by atoms with Crippen molar-refractivity contribution in [3.63, 3.8) is 0 Å². The quantitative estimate of drug-likeness (QED) is 0.562. The topological polar surface area (TPSA) is 52.0 Å². The average molecular weight is 142 g/mol. The van der Waals surface area contributed by atoms with Gasteiger partial charge in [-0.1, -0.05) is 13.8 Å². The monoisotopic (exact) mass is 142 g/mol. The molecule has 1 aliphatic rings. The number of hydrogen-bond donors (Lipinski definition) is 2. The predicted octanol–water partition coefficient (Wildman–Crippen LogP) is 0.565. The van der Waals surface area contributed by atoms with Gasteiger partial charge in [-0.15, -0.1) is 0 Å². The van der Waals surface area contributed by atoms with Crippen molar-refractivity contribution in [1.29, 1.82) is 0 Å². The van der Waals surface area contributed by atoms with Gasteiger partial charge in [0, 0.05) is 6.04 Å². The zero-order valence-corrected chi connectivity index (χ0v) is 6.88. The zero-order valence-electron chi connectivity index (χ0n) is 6.88.